The molecule has 0 aromatic heterocycles. The Labute approximate surface area is 78.4 Å². The number of rotatable bonds is 2. The topological polar surface area (TPSA) is 35.5 Å². The third-order valence-corrected chi connectivity index (χ3v) is 2.98. The SMILES string of the molecule is CCOC(=O)[C@H]1C[C@]12CCCCO2. The van der Waals surface area contributed by atoms with Gasteiger partial charge in [-0.1, -0.05) is 0 Å². The molecule has 2 rings (SSSR count). The van der Waals surface area contributed by atoms with E-state index in [9.17, 15) is 4.79 Å². The van der Waals surface area contributed by atoms with Gasteiger partial charge in [0.1, 0.15) is 0 Å². The van der Waals surface area contributed by atoms with Crippen molar-refractivity contribution in [2.45, 2.75) is 38.2 Å². The monoisotopic (exact) mass is 184 g/mol. The Hall–Kier alpha value is -0.570. The first kappa shape index (κ1) is 9.00. The lowest BCUT2D eigenvalue weighted by atomic mass is 10.1. The van der Waals surface area contributed by atoms with Gasteiger partial charge < -0.3 is 9.47 Å². The van der Waals surface area contributed by atoms with Crippen LogP contribution in [0.1, 0.15) is 32.6 Å². The summed E-state index contributed by atoms with van der Waals surface area (Å²) in [6.45, 7) is 3.13. The zero-order valence-corrected chi connectivity index (χ0v) is 8.04. The summed E-state index contributed by atoms with van der Waals surface area (Å²) >= 11 is 0. The van der Waals surface area contributed by atoms with Gasteiger partial charge in [-0.05, 0) is 32.6 Å². The summed E-state index contributed by atoms with van der Waals surface area (Å²) in [7, 11) is 0. The molecule has 0 bridgehead atoms. The van der Waals surface area contributed by atoms with Gasteiger partial charge in [-0.15, -0.1) is 0 Å². The van der Waals surface area contributed by atoms with Crippen LogP contribution in [0.2, 0.25) is 0 Å². The van der Waals surface area contributed by atoms with Crippen molar-refractivity contribution in [1.29, 1.82) is 0 Å². The van der Waals surface area contributed by atoms with Crippen LogP contribution in [0, 0.1) is 5.92 Å². The normalized spacial score (nSPS) is 37.5. The highest BCUT2D eigenvalue weighted by Crippen LogP contribution is 2.52. The van der Waals surface area contributed by atoms with Gasteiger partial charge in [0.15, 0.2) is 0 Å². The van der Waals surface area contributed by atoms with Crippen molar-refractivity contribution in [3.63, 3.8) is 0 Å². The van der Waals surface area contributed by atoms with E-state index in [-0.39, 0.29) is 17.5 Å². The average Bonchev–Trinajstić information content (AvgIpc) is 2.81. The van der Waals surface area contributed by atoms with Crippen molar-refractivity contribution in [3.8, 4) is 0 Å². The van der Waals surface area contributed by atoms with Crippen LogP contribution in [0.5, 0.6) is 0 Å². The smallest absolute Gasteiger partial charge is 0.311 e. The van der Waals surface area contributed by atoms with E-state index in [1.165, 1.54) is 6.42 Å². The largest absolute Gasteiger partial charge is 0.466 e. The van der Waals surface area contributed by atoms with Crippen LogP contribution < -0.4 is 0 Å². The molecule has 74 valence electrons. The third-order valence-electron chi connectivity index (χ3n) is 2.98. The van der Waals surface area contributed by atoms with E-state index in [1.54, 1.807) is 0 Å². The molecule has 2 aliphatic rings. The summed E-state index contributed by atoms with van der Waals surface area (Å²) in [5, 5.41) is 0. The van der Waals surface area contributed by atoms with Gasteiger partial charge in [0.2, 0.25) is 0 Å². The van der Waals surface area contributed by atoms with Gasteiger partial charge in [-0.25, -0.2) is 0 Å². The van der Waals surface area contributed by atoms with Gasteiger partial charge in [0.05, 0.1) is 18.1 Å². The Morgan fingerprint density at radius 1 is 1.62 bits per heavy atom. The number of esters is 1. The molecule has 0 aromatic carbocycles. The molecule has 0 amide bonds. The van der Waals surface area contributed by atoms with Gasteiger partial charge in [0.25, 0.3) is 0 Å². The second-order valence-electron chi connectivity index (χ2n) is 3.88. The molecule has 1 aliphatic carbocycles. The van der Waals surface area contributed by atoms with Crippen molar-refractivity contribution in [1.82, 2.24) is 0 Å². The van der Waals surface area contributed by atoms with E-state index >= 15 is 0 Å². The molecule has 2 fully saturated rings. The second kappa shape index (κ2) is 3.29. The molecule has 3 nitrogen and oxygen atoms in total. The van der Waals surface area contributed by atoms with Crippen LogP contribution in [0.3, 0.4) is 0 Å². The first-order valence-corrected chi connectivity index (χ1v) is 5.09. The molecule has 1 saturated heterocycles. The molecule has 0 aromatic rings. The Morgan fingerprint density at radius 2 is 2.46 bits per heavy atom. The van der Waals surface area contributed by atoms with Crippen LogP contribution in [-0.2, 0) is 14.3 Å². The molecule has 1 spiro atoms. The summed E-state index contributed by atoms with van der Waals surface area (Å²) in [6, 6.07) is 0. The summed E-state index contributed by atoms with van der Waals surface area (Å²) in [6.07, 6.45) is 4.25. The lowest BCUT2D eigenvalue weighted by Gasteiger charge is -2.22. The molecule has 1 heterocycles. The molecule has 1 saturated carbocycles. The summed E-state index contributed by atoms with van der Waals surface area (Å²) in [5.41, 5.74) is -0.107. The Bertz CT molecular complexity index is 206. The summed E-state index contributed by atoms with van der Waals surface area (Å²) in [5.74, 6) is -0.0304. The van der Waals surface area contributed by atoms with E-state index in [0.717, 1.165) is 25.9 Å². The molecule has 2 atom stereocenters. The van der Waals surface area contributed by atoms with Crippen molar-refractivity contribution < 1.29 is 14.3 Å². The summed E-state index contributed by atoms with van der Waals surface area (Å²) < 4.78 is 10.6. The predicted octanol–water partition coefficient (Wildman–Crippen LogP) is 1.51. The van der Waals surface area contributed by atoms with Crippen LogP contribution in [0.4, 0.5) is 0 Å². The van der Waals surface area contributed by atoms with Crippen LogP contribution in [-0.4, -0.2) is 24.8 Å². The third kappa shape index (κ3) is 1.57. The van der Waals surface area contributed by atoms with Crippen molar-refractivity contribution >= 4 is 5.97 Å². The molecule has 0 unspecified atom stereocenters. The van der Waals surface area contributed by atoms with Gasteiger partial charge in [0, 0.05) is 6.61 Å². The minimum atomic E-state index is -0.107. The number of carbonyl (C=O) groups excluding carboxylic acids is 1. The molecular formula is C10H16O3. The molecule has 0 N–H and O–H groups in total. The van der Waals surface area contributed by atoms with E-state index in [4.69, 9.17) is 9.47 Å². The fourth-order valence-electron chi connectivity index (χ4n) is 2.14. The maximum atomic E-state index is 11.4. The maximum Gasteiger partial charge on any atom is 0.311 e. The minimum Gasteiger partial charge on any atom is -0.466 e. The lowest BCUT2D eigenvalue weighted by Crippen LogP contribution is -2.26. The van der Waals surface area contributed by atoms with Gasteiger partial charge in [-0.3, -0.25) is 4.79 Å². The van der Waals surface area contributed by atoms with Crippen LogP contribution in [0.15, 0.2) is 0 Å². The highest BCUT2D eigenvalue weighted by atomic mass is 16.5. The number of carbonyl (C=O) groups is 1. The van der Waals surface area contributed by atoms with Crippen molar-refractivity contribution in [3.05, 3.63) is 0 Å². The van der Waals surface area contributed by atoms with Gasteiger partial charge in [-0.2, -0.15) is 0 Å². The Balaban J connectivity index is 1.88. The Morgan fingerprint density at radius 3 is 3.08 bits per heavy atom. The minimum absolute atomic E-state index is 0.0350. The van der Waals surface area contributed by atoms with E-state index in [2.05, 4.69) is 0 Å². The molecular weight excluding hydrogens is 168 g/mol. The van der Waals surface area contributed by atoms with Crippen molar-refractivity contribution in [2.75, 3.05) is 13.2 Å². The molecule has 0 radical (unpaired) electrons. The predicted molar refractivity (Wildman–Crippen MR) is 47.3 cm³/mol. The zero-order chi connectivity index (χ0) is 9.31. The zero-order valence-electron chi connectivity index (χ0n) is 8.04. The van der Waals surface area contributed by atoms with E-state index < -0.39 is 0 Å². The highest BCUT2D eigenvalue weighted by Gasteiger charge is 2.60. The van der Waals surface area contributed by atoms with Crippen LogP contribution in [0.25, 0.3) is 0 Å². The first-order valence-electron chi connectivity index (χ1n) is 5.09. The number of hydrogen-bond donors (Lipinski definition) is 0. The average molecular weight is 184 g/mol. The summed E-state index contributed by atoms with van der Waals surface area (Å²) in [4.78, 5) is 11.4. The van der Waals surface area contributed by atoms with E-state index in [0.29, 0.717) is 6.61 Å². The first-order chi connectivity index (χ1) is 6.28. The lowest BCUT2D eigenvalue weighted by molar-refractivity contribution is -0.148. The number of hydrogen-bond acceptors (Lipinski definition) is 3. The second-order valence-corrected chi connectivity index (χ2v) is 3.88. The van der Waals surface area contributed by atoms with Crippen LogP contribution >= 0.6 is 0 Å². The van der Waals surface area contributed by atoms with Gasteiger partial charge >= 0.3 is 5.97 Å². The Kier molecular flexibility index (Phi) is 2.28. The quantitative estimate of drug-likeness (QED) is 0.610. The standard InChI is InChI=1S/C10H16O3/c1-2-12-9(11)8-7-10(8)5-3-4-6-13-10/h8H,2-7H2,1H3/t8-,10-/m1/s1. The number of ether oxygens (including phenoxy) is 2. The van der Waals surface area contributed by atoms with Crippen molar-refractivity contribution in [2.24, 2.45) is 5.92 Å². The molecule has 13 heavy (non-hydrogen) atoms. The highest BCUT2D eigenvalue weighted by molar-refractivity contribution is 5.77. The molecule has 3 heteroatoms. The maximum absolute atomic E-state index is 11.4. The fourth-order valence-corrected chi connectivity index (χ4v) is 2.14. The molecule has 1 aliphatic heterocycles. The van der Waals surface area contributed by atoms with E-state index in [1.807, 2.05) is 6.92 Å². The fraction of sp³-hybridized carbons (Fsp3) is 0.900.